The van der Waals surface area contributed by atoms with Gasteiger partial charge in [-0.25, -0.2) is 12.8 Å². The van der Waals surface area contributed by atoms with Crippen LogP contribution in [0.1, 0.15) is 31.2 Å². The van der Waals surface area contributed by atoms with Gasteiger partial charge in [0.2, 0.25) is 5.91 Å². The topological polar surface area (TPSA) is 54.5 Å². The van der Waals surface area contributed by atoms with Crippen LogP contribution < -0.4 is 0 Å². The number of hydrogen-bond donors (Lipinski definition) is 0. The molecule has 1 aromatic carbocycles. The summed E-state index contributed by atoms with van der Waals surface area (Å²) >= 11 is 0. The van der Waals surface area contributed by atoms with Gasteiger partial charge in [0.15, 0.2) is 0 Å². The SMILES string of the molecule is CS(=O)(=O)C1CC2CCC(C1)N2C(=O)Cc1ccc(F)cc1. The summed E-state index contributed by atoms with van der Waals surface area (Å²) in [6.07, 6.45) is 4.39. The van der Waals surface area contributed by atoms with Gasteiger partial charge < -0.3 is 4.90 Å². The number of hydrogen-bond acceptors (Lipinski definition) is 3. The zero-order valence-electron chi connectivity index (χ0n) is 12.5. The number of piperidine rings is 1. The Morgan fingerprint density at radius 2 is 1.73 bits per heavy atom. The van der Waals surface area contributed by atoms with Gasteiger partial charge in [0.25, 0.3) is 0 Å². The van der Waals surface area contributed by atoms with Crippen LogP contribution in [0, 0.1) is 5.82 Å². The lowest BCUT2D eigenvalue weighted by molar-refractivity contribution is -0.134. The molecule has 4 nitrogen and oxygen atoms in total. The molecule has 0 saturated carbocycles. The van der Waals surface area contributed by atoms with E-state index in [2.05, 4.69) is 0 Å². The summed E-state index contributed by atoms with van der Waals surface area (Å²) in [5.41, 5.74) is 0.788. The van der Waals surface area contributed by atoms with Crippen LogP contribution in [0.2, 0.25) is 0 Å². The number of benzene rings is 1. The molecule has 2 fully saturated rings. The fourth-order valence-corrected chi connectivity index (χ4v) is 4.90. The Hall–Kier alpha value is -1.43. The standard InChI is InChI=1S/C16H20FNO3S/c1-22(20,21)15-9-13-6-7-14(10-15)18(13)16(19)8-11-2-4-12(17)5-3-11/h2-5,13-15H,6-10H2,1H3. The number of nitrogens with zero attached hydrogens (tertiary/aromatic N) is 1. The normalized spacial score (nSPS) is 27.9. The molecule has 120 valence electrons. The van der Waals surface area contributed by atoms with E-state index in [4.69, 9.17) is 0 Å². The number of amides is 1. The minimum atomic E-state index is -3.04. The zero-order valence-corrected chi connectivity index (χ0v) is 13.4. The number of fused-ring (bicyclic) bond motifs is 2. The van der Waals surface area contributed by atoms with E-state index in [-0.39, 0.29) is 35.5 Å². The molecule has 6 heteroatoms. The van der Waals surface area contributed by atoms with Crippen molar-refractivity contribution in [3.8, 4) is 0 Å². The van der Waals surface area contributed by atoms with E-state index >= 15 is 0 Å². The lowest BCUT2D eigenvalue weighted by Gasteiger charge is -2.38. The van der Waals surface area contributed by atoms with Crippen molar-refractivity contribution in [1.82, 2.24) is 4.90 Å². The predicted molar refractivity (Wildman–Crippen MR) is 81.6 cm³/mol. The maximum Gasteiger partial charge on any atom is 0.227 e. The summed E-state index contributed by atoms with van der Waals surface area (Å²) in [5, 5.41) is -0.320. The third-order valence-electron chi connectivity index (χ3n) is 4.85. The molecule has 0 aromatic heterocycles. The van der Waals surface area contributed by atoms with E-state index in [1.54, 1.807) is 12.1 Å². The fraction of sp³-hybridized carbons (Fsp3) is 0.562. The van der Waals surface area contributed by atoms with Crippen LogP contribution >= 0.6 is 0 Å². The smallest absolute Gasteiger partial charge is 0.227 e. The van der Waals surface area contributed by atoms with Crippen molar-refractivity contribution in [3.05, 3.63) is 35.6 Å². The highest BCUT2D eigenvalue weighted by Gasteiger charge is 2.45. The lowest BCUT2D eigenvalue weighted by atomic mass is 10.0. The second kappa shape index (κ2) is 5.65. The van der Waals surface area contributed by atoms with Gasteiger partial charge in [0.1, 0.15) is 15.7 Å². The van der Waals surface area contributed by atoms with Gasteiger partial charge in [-0.05, 0) is 43.4 Å². The van der Waals surface area contributed by atoms with Gasteiger partial charge in [-0.2, -0.15) is 0 Å². The molecule has 2 aliphatic rings. The Morgan fingerprint density at radius 1 is 1.18 bits per heavy atom. The predicted octanol–water partition coefficient (Wildman–Crippen LogP) is 1.93. The molecular formula is C16H20FNO3S. The summed E-state index contributed by atoms with van der Waals surface area (Å²) in [6.45, 7) is 0. The number of sulfone groups is 1. The second-order valence-electron chi connectivity index (χ2n) is 6.41. The van der Waals surface area contributed by atoms with Crippen molar-refractivity contribution in [3.63, 3.8) is 0 Å². The van der Waals surface area contributed by atoms with Crippen molar-refractivity contribution < 1.29 is 17.6 Å². The zero-order chi connectivity index (χ0) is 15.9. The second-order valence-corrected chi connectivity index (χ2v) is 8.74. The molecule has 2 atom stereocenters. The highest BCUT2D eigenvalue weighted by atomic mass is 32.2. The maximum absolute atomic E-state index is 12.9. The van der Waals surface area contributed by atoms with Crippen LogP contribution in [0.15, 0.2) is 24.3 Å². The molecule has 0 radical (unpaired) electrons. The Bertz CT molecular complexity index is 657. The van der Waals surface area contributed by atoms with E-state index < -0.39 is 9.84 Å². The van der Waals surface area contributed by atoms with Crippen LogP contribution in [0.25, 0.3) is 0 Å². The van der Waals surface area contributed by atoms with E-state index in [1.807, 2.05) is 4.90 Å². The third kappa shape index (κ3) is 3.02. The fourth-order valence-electron chi connectivity index (χ4n) is 3.75. The molecule has 2 heterocycles. The summed E-state index contributed by atoms with van der Waals surface area (Å²) in [5.74, 6) is -0.295. The molecule has 1 amide bonds. The van der Waals surface area contributed by atoms with Gasteiger partial charge in [0.05, 0.1) is 11.7 Å². The van der Waals surface area contributed by atoms with Gasteiger partial charge in [-0.15, -0.1) is 0 Å². The quantitative estimate of drug-likeness (QED) is 0.853. The van der Waals surface area contributed by atoms with Crippen LogP contribution in [0.4, 0.5) is 4.39 Å². The van der Waals surface area contributed by atoms with Crippen molar-refractivity contribution in [1.29, 1.82) is 0 Å². The molecule has 0 N–H and O–H groups in total. The monoisotopic (exact) mass is 325 g/mol. The van der Waals surface area contributed by atoms with Crippen LogP contribution in [0.5, 0.6) is 0 Å². The summed E-state index contributed by atoms with van der Waals surface area (Å²) in [4.78, 5) is 14.4. The third-order valence-corrected chi connectivity index (χ3v) is 6.45. The minimum absolute atomic E-state index is 0.0195. The van der Waals surface area contributed by atoms with Crippen molar-refractivity contribution in [2.45, 2.75) is 49.4 Å². The summed E-state index contributed by atoms with van der Waals surface area (Å²) < 4.78 is 36.4. The Balaban J connectivity index is 1.71. The largest absolute Gasteiger partial charge is 0.336 e. The summed E-state index contributed by atoms with van der Waals surface area (Å²) in [7, 11) is -3.04. The summed E-state index contributed by atoms with van der Waals surface area (Å²) in [6, 6.07) is 6.02. The first-order valence-electron chi connectivity index (χ1n) is 7.59. The van der Waals surface area contributed by atoms with Crippen LogP contribution in [-0.2, 0) is 21.1 Å². The molecule has 1 aromatic rings. The van der Waals surface area contributed by atoms with Crippen molar-refractivity contribution in [2.24, 2.45) is 0 Å². The van der Waals surface area contributed by atoms with Gasteiger partial charge in [-0.3, -0.25) is 4.79 Å². The average Bonchev–Trinajstić information content (AvgIpc) is 2.70. The van der Waals surface area contributed by atoms with E-state index in [9.17, 15) is 17.6 Å². The number of halogens is 1. The average molecular weight is 325 g/mol. The molecule has 22 heavy (non-hydrogen) atoms. The maximum atomic E-state index is 12.9. The Kier molecular flexibility index (Phi) is 3.97. The molecule has 0 spiro atoms. The van der Waals surface area contributed by atoms with Gasteiger partial charge >= 0.3 is 0 Å². The van der Waals surface area contributed by atoms with E-state index in [1.165, 1.54) is 18.4 Å². The van der Waals surface area contributed by atoms with E-state index in [0.717, 1.165) is 18.4 Å². The van der Waals surface area contributed by atoms with Gasteiger partial charge in [0, 0.05) is 18.3 Å². The van der Waals surface area contributed by atoms with Crippen LogP contribution in [0.3, 0.4) is 0 Å². The minimum Gasteiger partial charge on any atom is -0.336 e. The van der Waals surface area contributed by atoms with Crippen LogP contribution in [-0.4, -0.2) is 42.8 Å². The molecular weight excluding hydrogens is 305 g/mol. The number of carbonyl (C=O) groups excluding carboxylic acids is 1. The van der Waals surface area contributed by atoms with Crippen molar-refractivity contribution >= 4 is 15.7 Å². The first-order valence-corrected chi connectivity index (χ1v) is 9.54. The number of carbonyl (C=O) groups is 1. The Labute approximate surface area is 130 Å². The molecule has 3 rings (SSSR count). The first-order chi connectivity index (χ1) is 10.3. The van der Waals surface area contributed by atoms with Crippen molar-refractivity contribution in [2.75, 3.05) is 6.26 Å². The highest BCUT2D eigenvalue weighted by molar-refractivity contribution is 7.91. The Morgan fingerprint density at radius 3 is 2.23 bits per heavy atom. The molecule has 2 aliphatic heterocycles. The molecule has 2 saturated heterocycles. The first kappa shape index (κ1) is 15.5. The lowest BCUT2D eigenvalue weighted by Crippen LogP contribution is -2.50. The molecule has 2 unspecified atom stereocenters. The van der Waals surface area contributed by atoms with E-state index in [0.29, 0.717) is 12.8 Å². The highest BCUT2D eigenvalue weighted by Crippen LogP contribution is 2.38. The number of rotatable bonds is 3. The molecule has 0 aliphatic carbocycles. The van der Waals surface area contributed by atoms with Gasteiger partial charge in [-0.1, -0.05) is 12.1 Å². The molecule has 2 bridgehead atoms.